The summed E-state index contributed by atoms with van der Waals surface area (Å²) >= 11 is 1.42. The molecule has 0 radical (unpaired) electrons. The normalized spacial score (nSPS) is 9.59. The zero-order chi connectivity index (χ0) is 21.4. The number of nitrogens with two attached hydrogens (primary N) is 1. The van der Waals surface area contributed by atoms with Crippen molar-refractivity contribution in [2.45, 2.75) is 0 Å². The molecule has 0 saturated heterocycles. The smallest absolute Gasteiger partial charge is 0.290 e. The van der Waals surface area contributed by atoms with Gasteiger partial charge in [-0.3, -0.25) is 9.78 Å². The SMILES string of the molecule is COc1ccc(-c2cc(-c3cncs3)c(C#N)c(N)n2)c(OC)c1OC.O=CO. The lowest BCUT2D eigenvalue weighted by molar-refractivity contribution is -0.122. The van der Waals surface area contributed by atoms with E-state index in [2.05, 4.69) is 16.0 Å². The Morgan fingerprint density at radius 3 is 2.38 bits per heavy atom. The molecule has 2 heterocycles. The van der Waals surface area contributed by atoms with Crippen LogP contribution in [0.1, 0.15) is 5.56 Å². The molecule has 0 aliphatic heterocycles. The maximum atomic E-state index is 9.46. The molecule has 10 heteroatoms. The van der Waals surface area contributed by atoms with Gasteiger partial charge in [0.2, 0.25) is 5.75 Å². The number of aromatic nitrogens is 2. The number of methoxy groups -OCH3 is 3. The second-order valence-electron chi connectivity index (χ2n) is 5.28. The van der Waals surface area contributed by atoms with Gasteiger partial charge in [0.15, 0.2) is 11.5 Å². The molecule has 3 N–H and O–H groups in total. The summed E-state index contributed by atoms with van der Waals surface area (Å²) in [5, 5.41) is 16.4. The lowest BCUT2D eigenvalue weighted by atomic mass is 10.0. The van der Waals surface area contributed by atoms with E-state index < -0.39 is 0 Å². The van der Waals surface area contributed by atoms with Gasteiger partial charge < -0.3 is 25.1 Å². The van der Waals surface area contributed by atoms with Crippen LogP contribution in [-0.2, 0) is 4.79 Å². The Hall–Kier alpha value is -3.84. The zero-order valence-electron chi connectivity index (χ0n) is 15.9. The van der Waals surface area contributed by atoms with Crippen LogP contribution < -0.4 is 19.9 Å². The molecule has 0 unspecified atom stereocenters. The van der Waals surface area contributed by atoms with Gasteiger partial charge in [-0.25, -0.2) is 4.98 Å². The van der Waals surface area contributed by atoms with Gasteiger partial charge in [-0.1, -0.05) is 0 Å². The summed E-state index contributed by atoms with van der Waals surface area (Å²) in [6.07, 6.45) is 1.69. The van der Waals surface area contributed by atoms with Gasteiger partial charge >= 0.3 is 0 Å². The number of carboxylic acid groups (broad SMARTS) is 1. The van der Waals surface area contributed by atoms with Crippen LogP contribution in [0.15, 0.2) is 29.9 Å². The van der Waals surface area contributed by atoms with Crippen molar-refractivity contribution in [3.63, 3.8) is 0 Å². The van der Waals surface area contributed by atoms with E-state index in [0.717, 1.165) is 4.88 Å². The summed E-state index contributed by atoms with van der Waals surface area (Å²) in [6.45, 7) is -0.250. The number of pyridine rings is 1. The first-order chi connectivity index (χ1) is 14.1. The molecule has 0 aliphatic carbocycles. The maximum Gasteiger partial charge on any atom is 0.290 e. The monoisotopic (exact) mass is 414 g/mol. The van der Waals surface area contributed by atoms with Crippen LogP contribution in [0, 0.1) is 11.3 Å². The van der Waals surface area contributed by atoms with Gasteiger partial charge in [0.05, 0.1) is 37.4 Å². The standard InChI is InChI=1S/C18H16N4O3S.CH2O2/c1-23-14-5-4-10(16(24-2)17(14)25-3)13-6-11(15-8-21-9-26-15)12(7-19)18(20)22-13;2-1-3/h4-6,8-9H,1-3H3,(H2,20,22);1H,(H,2,3). The van der Waals surface area contributed by atoms with Crippen molar-refractivity contribution in [1.29, 1.82) is 5.26 Å². The molecule has 0 amide bonds. The van der Waals surface area contributed by atoms with E-state index >= 15 is 0 Å². The minimum atomic E-state index is -0.250. The fraction of sp³-hybridized carbons (Fsp3) is 0.158. The summed E-state index contributed by atoms with van der Waals surface area (Å²) in [5.74, 6) is 1.61. The number of rotatable bonds is 5. The maximum absolute atomic E-state index is 9.46. The first kappa shape index (κ1) is 21.5. The molecule has 9 nitrogen and oxygen atoms in total. The quantitative estimate of drug-likeness (QED) is 0.602. The molecule has 0 atom stereocenters. The number of carbonyl (C=O) groups is 1. The molecular formula is C19H18N4O5S. The first-order valence-corrected chi connectivity index (χ1v) is 8.90. The third-order valence-corrected chi connectivity index (χ3v) is 4.64. The van der Waals surface area contributed by atoms with Gasteiger partial charge in [-0.15, -0.1) is 11.3 Å². The highest BCUT2D eigenvalue weighted by molar-refractivity contribution is 7.13. The summed E-state index contributed by atoms with van der Waals surface area (Å²) < 4.78 is 16.3. The molecule has 0 saturated carbocycles. The number of nitrogen functional groups attached to an aromatic ring is 1. The number of thiazole rings is 1. The topological polar surface area (TPSA) is 141 Å². The van der Waals surface area contributed by atoms with Crippen molar-refractivity contribution >= 4 is 23.6 Å². The Balaban J connectivity index is 0.000000941. The van der Waals surface area contributed by atoms with E-state index in [9.17, 15) is 5.26 Å². The Kier molecular flexibility index (Phi) is 7.33. The number of ether oxygens (including phenoxy) is 3. The molecule has 1 aromatic carbocycles. The lowest BCUT2D eigenvalue weighted by Crippen LogP contribution is -2.01. The van der Waals surface area contributed by atoms with Gasteiger partial charge in [-0.05, 0) is 18.2 Å². The fourth-order valence-corrected chi connectivity index (χ4v) is 3.31. The average Bonchev–Trinajstić information content (AvgIpc) is 3.27. The summed E-state index contributed by atoms with van der Waals surface area (Å²) in [5.41, 5.74) is 9.97. The van der Waals surface area contributed by atoms with Crippen LogP contribution in [0.2, 0.25) is 0 Å². The molecule has 0 fully saturated rings. The second kappa shape index (κ2) is 9.91. The minimum absolute atomic E-state index is 0.144. The average molecular weight is 414 g/mol. The number of hydrogen-bond donors (Lipinski definition) is 2. The molecule has 0 aliphatic rings. The highest BCUT2D eigenvalue weighted by atomic mass is 32.1. The second-order valence-corrected chi connectivity index (χ2v) is 6.17. The molecule has 2 aromatic heterocycles. The minimum Gasteiger partial charge on any atom is -0.493 e. The third-order valence-electron chi connectivity index (χ3n) is 3.84. The molecule has 3 aromatic rings. The van der Waals surface area contributed by atoms with Crippen molar-refractivity contribution in [3.8, 4) is 45.0 Å². The predicted octanol–water partition coefficient (Wildman–Crippen LogP) is 3.05. The fourth-order valence-electron chi connectivity index (χ4n) is 2.67. The molecule has 3 rings (SSSR count). The Bertz CT molecular complexity index is 1030. The molecule has 0 bridgehead atoms. The van der Waals surface area contributed by atoms with Crippen LogP contribution in [0.4, 0.5) is 5.82 Å². The van der Waals surface area contributed by atoms with Crippen molar-refractivity contribution < 1.29 is 24.1 Å². The van der Waals surface area contributed by atoms with Crippen molar-refractivity contribution in [2.75, 3.05) is 27.1 Å². The van der Waals surface area contributed by atoms with Gasteiger partial charge in [0, 0.05) is 17.3 Å². The highest BCUT2D eigenvalue weighted by Crippen LogP contribution is 2.45. The molecule has 0 spiro atoms. The summed E-state index contributed by atoms with van der Waals surface area (Å²) in [7, 11) is 4.63. The number of benzene rings is 1. The molecule has 150 valence electrons. The van der Waals surface area contributed by atoms with Gasteiger partial charge in [0.25, 0.3) is 6.47 Å². The van der Waals surface area contributed by atoms with Crippen molar-refractivity contribution in [1.82, 2.24) is 9.97 Å². The summed E-state index contributed by atoms with van der Waals surface area (Å²) in [6, 6.07) is 7.49. The summed E-state index contributed by atoms with van der Waals surface area (Å²) in [4.78, 5) is 17.7. The Labute approximate surface area is 170 Å². The third kappa shape index (κ3) is 4.36. The van der Waals surface area contributed by atoms with Crippen LogP contribution in [0.5, 0.6) is 17.2 Å². The predicted molar refractivity (Wildman–Crippen MR) is 108 cm³/mol. The van der Waals surface area contributed by atoms with Crippen LogP contribution in [-0.4, -0.2) is 42.9 Å². The van der Waals surface area contributed by atoms with Gasteiger partial charge in [-0.2, -0.15) is 5.26 Å². The molecular weight excluding hydrogens is 396 g/mol. The van der Waals surface area contributed by atoms with E-state index in [-0.39, 0.29) is 12.3 Å². The van der Waals surface area contributed by atoms with E-state index in [1.54, 1.807) is 30.9 Å². The van der Waals surface area contributed by atoms with E-state index in [4.69, 9.17) is 29.8 Å². The lowest BCUT2D eigenvalue weighted by Gasteiger charge is -2.16. The van der Waals surface area contributed by atoms with Crippen LogP contribution in [0.3, 0.4) is 0 Å². The van der Waals surface area contributed by atoms with Crippen molar-refractivity contribution in [2.24, 2.45) is 0 Å². The number of nitriles is 1. The first-order valence-electron chi connectivity index (χ1n) is 8.02. The Morgan fingerprint density at radius 1 is 1.17 bits per heavy atom. The number of anilines is 1. The van der Waals surface area contributed by atoms with E-state index in [1.807, 2.05) is 6.07 Å². The number of hydrogen-bond acceptors (Lipinski definition) is 9. The zero-order valence-corrected chi connectivity index (χ0v) is 16.7. The Morgan fingerprint density at radius 2 is 1.86 bits per heavy atom. The highest BCUT2D eigenvalue weighted by Gasteiger charge is 2.21. The van der Waals surface area contributed by atoms with Crippen molar-refractivity contribution in [3.05, 3.63) is 35.5 Å². The molecule has 29 heavy (non-hydrogen) atoms. The van der Waals surface area contributed by atoms with E-state index in [0.29, 0.717) is 39.6 Å². The largest absolute Gasteiger partial charge is 0.493 e. The van der Waals surface area contributed by atoms with Crippen LogP contribution in [0.25, 0.3) is 21.7 Å². The number of nitrogens with zero attached hydrogens (tertiary/aromatic N) is 3. The van der Waals surface area contributed by atoms with E-state index in [1.165, 1.54) is 25.6 Å². The van der Waals surface area contributed by atoms with Gasteiger partial charge in [0.1, 0.15) is 17.5 Å². The van der Waals surface area contributed by atoms with Crippen LogP contribution >= 0.6 is 11.3 Å².